The van der Waals surface area contributed by atoms with Crippen molar-refractivity contribution in [1.29, 1.82) is 0 Å². The number of rotatable bonds is 6. The van der Waals surface area contributed by atoms with Gasteiger partial charge in [-0.25, -0.2) is 9.59 Å². The van der Waals surface area contributed by atoms with Crippen LogP contribution in [0.3, 0.4) is 0 Å². The number of carbonyl (C=O) groups excluding carboxylic acids is 2. The lowest BCUT2D eigenvalue weighted by Crippen LogP contribution is -2.55. The fourth-order valence-corrected chi connectivity index (χ4v) is 3.40. The van der Waals surface area contributed by atoms with Crippen molar-refractivity contribution in [3.63, 3.8) is 0 Å². The maximum Gasteiger partial charge on any atom is 0.338 e. The third-order valence-electron chi connectivity index (χ3n) is 5.06. The quantitative estimate of drug-likeness (QED) is 0.462. The van der Waals surface area contributed by atoms with E-state index in [0.29, 0.717) is 5.56 Å². The van der Waals surface area contributed by atoms with Crippen LogP contribution < -0.4 is 4.74 Å². The van der Waals surface area contributed by atoms with E-state index in [-0.39, 0.29) is 22.6 Å². The van der Waals surface area contributed by atoms with Gasteiger partial charge in [0, 0.05) is 0 Å². The molecule has 1 saturated heterocycles. The predicted molar refractivity (Wildman–Crippen MR) is 108 cm³/mol. The van der Waals surface area contributed by atoms with E-state index in [1.54, 1.807) is 18.2 Å². The molecule has 5 atom stereocenters. The van der Waals surface area contributed by atoms with Gasteiger partial charge in [-0.05, 0) is 35.9 Å². The van der Waals surface area contributed by atoms with Crippen LogP contribution in [0.4, 0.5) is 0 Å². The summed E-state index contributed by atoms with van der Waals surface area (Å²) in [4.78, 5) is 23.9. The topological polar surface area (TPSA) is 152 Å². The predicted octanol–water partition coefficient (Wildman–Crippen LogP) is 0.567. The summed E-state index contributed by atoms with van der Waals surface area (Å²) in [5, 5.41) is 39.7. The van der Waals surface area contributed by atoms with Gasteiger partial charge in [-0.1, -0.05) is 12.1 Å². The summed E-state index contributed by atoms with van der Waals surface area (Å²) in [7, 11) is 2.41. The first-order valence-corrected chi connectivity index (χ1v) is 9.69. The average molecular weight is 448 g/mol. The van der Waals surface area contributed by atoms with Gasteiger partial charge in [0.2, 0.25) is 0 Å². The SMILES string of the molecule is COC(=O)c1cc(Oc2cccc(C3OC(CO)C(O)C(O)C3O)c2)cc(C(=O)OC)c1. The molecule has 0 aliphatic carbocycles. The highest BCUT2D eigenvalue weighted by Crippen LogP contribution is 2.34. The van der Waals surface area contributed by atoms with Crippen molar-refractivity contribution in [2.75, 3.05) is 20.8 Å². The van der Waals surface area contributed by atoms with Gasteiger partial charge in [0.15, 0.2) is 0 Å². The molecule has 4 N–H and O–H groups in total. The van der Waals surface area contributed by atoms with Gasteiger partial charge < -0.3 is 39.4 Å². The maximum atomic E-state index is 12.0. The molecule has 10 nitrogen and oxygen atoms in total. The molecular formula is C22H24O10. The lowest BCUT2D eigenvalue weighted by Gasteiger charge is -2.40. The first-order valence-electron chi connectivity index (χ1n) is 9.69. The molecule has 1 aliphatic heterocycles. The average Bonchev–Trinajstić information content (AvgIpc) is 2.81. The fraction of sp³-hybridized carbons (Fsp3) is 0.364. The molecule has 0 amide bonds. The Balaban J connectivity index is 1.90. The van der Waals surface area contributed by atoms with E-state index < -0.39 is 49.1 Å². The lowest BCUT2D eigenvalue weighted by molar-refractivity contribution is -0.231. The van der Waals surface area contributed by atoms with E-state index in [0.717, 1.165) is 0 Å². The van der Waals surface area contributed by atoms with Gasteiger partial charge in [0.05, 0.1) is 32.0 Å². The molecule has 1 aliphatic rings. The van der Waals surface area contributed by atoms with Crippen molar-refractivity contribution in [1.82, 2.24) is 0 Å². The molecule has 0 radical (unpaired) electrons. The Kier molecular flexibility index (Phi) is 7.44. The van der Waals surface area contributed by atoms with Crippen LogP contribution in [0, 0.1) is 0 Å². The molecule has 10 heteroatoms. The number of aliphatic hydroxyl groups excluding tert-OH is 4. The highest BCUT2D eigenvalue weighted by Gasteiger charge is 2.44. The highest BCUT2D eigenvalue weighted by molar-refractivity contribution is 5.96. The minimum absolute atomic E-state index is 0.0792. The van der Waals surface area contributed by atoms with Gasteiger partial charge in [0.25, 0.3) is 0 Å². The Morgan fingerprint density at radius 2 is 1.50 bits per heavy atom. The summed E-state index contributed by atoms with van der Waals surface area (Å²) in [5.41, 5.74) is 0.572. The summed E-state index contributed by atoms with van der Waals surface area (Å²) in [6, 6.07) is 10.4. The van der Waals surface area contributed by atoms with E-state index in [1.165, 1.54) is 38.5 Å². The van der Waals surface area contributed by atoms with Crippen LogP contribution in [0.2, 0.25) is 0 Å². The molecule has 0 spiro atoms. The number of hydrogen-bond donors (Lipinski definition) is 4. The Labute approximate surface area is 183 Å². The van der Waals surface area contributed by atoms with Crippen molar-refractivity contribution in [3.8, 4) is 11.5 Å². The Hall–Kier alpha value is -3.02. The van der Waals surface area contributed by atoms with E-state index in [1.807, 2.05) is 0 Å². The summed E-state index contributed by atoms with van der Waals surface area (Å²) >= 11 is 0. The molecule has 0 aromatic heterocycles. The summed E-state index contributed by atoms with van der Waals surface area (Å²) in [6.45, 7) is -0.547. The van der Waals surface area contributed by atoms with Crippen LogP contribution in [0.1, 0.15) is 32.4 Å². The number of methoxy groups -OCH3 is 2. The van der Waals surface area contributed by atoms with Crippen LogP contribution in [0.15, 0.2) is 42.5 Å². The minimum atomic E-state index is -1.52. The Morgan fingerprint density at radius 3 is 2.06 bits per heavy atom. The molecule has 2 aromatic carbocycles. The fourth-order valence-electron chi connectivity index (χ4n) is 3.40. The third-order valence-corrected chi connectivity index (χ3v) is 5.06. The number of hydrogen-bond acceptors (Lipinski definition) is 10. The van der Waals surface area contributed by atoms with Crippen LogP contribution in [0.25, 0.3) is 0 Å². The van der Waals surface area contributed by atoms with Crippen molar-refractivity contribution in [2.24, 2.45) is 0 Å². The van der Waals surface area contributed by atoms with Crippen LogP contribution in [-0.4, -0.2) is 77.6 Å². The van der Waals surface area contributed by atoms with Crippen LogP contribution in [0.5, 0.6) is 11.5 Å². The number of benzene rings is 2. The molecule has 0 bridgehead atoms. The first kappa shape index (κ1) is 23.6. The molecule has 172 valence electrons. The molecule has 2 aromatic rings. The van der Waals surface area contributed by atoms with E-state index >= 15 is 0 Å². The van der Waals surface area contributed by atoms with Gasteiger partial charge in [-0.2, -0.15) is 0 Å². The van der Waals surface area contributed by atoms with Crippen molar-refractivity contribution in [2.45, 2.75) is 30.5 Å². The Bertz CT molecular complexity index is 939. The summed E-state index contributed by atoms with van der Waals surface area (Å²) in [5.74, 6) is -0.914. The summed E-state index contributed by atoms with van der Waals surface area (Å²) < 4.78 is 20.8. The zero-order valence-electron chi connectivity index (χ0n) is 17.4. The van der Waals surface area contributed by atoms with Gasteiger partial charge in [-0.15, -0.1) is 0 Å². The monoisotopic (exact) mass is 448 g/mol. The highest BCUT2D eigenvalue weighted by atomic mass is 16.5. The van der Waals surface area contributed by atoms with Gasteiger partial charge in [-0.3, -0.25) is 0 Å². The summed E-state index contributed by atoms with van der Waals surface area (Å²) in [6.07, 6.45) is -6.53. The molecule has 0 saturated carbocycles. The molecule has 32 heavy (non-hydrogen) atoms. The molecular weight excluding hydrogens is 424 g/mol. The van der Waals surface area contributed by atoms with Crippen molar-refractivity contribution < 1.29 is 49.0 Å². The Morgan fingerprint density at radius 1 is 0.875 bits per heavy atom. The van der Waals surface area contributed by atoms with Crippen molar-refractivity contribution >= 4 is 11.9 Å². The van der Waals surface area contributed by atoms with Crippen LogP contribution >= 0.6 is 0 Å². The standard InChI is InChI=1S/C22H24O10/c1-29-21(27)12-6-13(22(28)30-2)9-15(8-12)31-14-5-3-4-11(7-14)20-19(26)18(25)17(24)16(10-23)32-20/h3-9,16-20,23-26H,10H2,1-2H3. The van der Waals surface area contributed by atoms with Crippen molar-refractivity contribution in [3.05, 3.63) is 59.2 Å². The largest absolute Gasteiger partial charge is 0.465 e. The minimum Gasteiger partial charge on any atom is -0.465 e. The molecule has 1 fully saturated rings. The van der Waals surface area contributed by atoms with Gasteiger partial charge >= 0.3 is 11.9 Å². The normalized spacial score (nSPS) is 25.1. The van der Waals surface area contributed by atoms with E-state index in [4.69, 9.17) is 18.9 Å². The number of esters is 2. The number of carbonyl (C=O) groups is 2. The molecule has 1 heterocycles. The van der Waals surface area contributed by atoms with E-state index in [2.05, 4.69) is 0 Å². The zero-order valence-corrected chi connectivity index (χ0v) is 17.4. The smallest absolute Gasteiger partial charge is 0.338 e. The first-order chi connectivity index (χ1) is 15.3. The molecule has 5 unspecified atom stereocenters. The zero-order chi connectivity index (χ0) is 23.4. The number of aliphatic hydroxyl groups is 4. The van der Waals surface area contributed by atoms with E-state index in [9.17, 15) is 30.0 Å². The second-order valence-electron chi connectivity index (χ2n) is 7.15. The lowest BCUT2D eigenvalue weighted by atomic mass is 9.91. The number of ether oxygens (including phenoxy) is 4. The maximum absolute atomic E-state index is 12.0. The second-order valence-corrected chi connectivity index (χ2v) is 7.15. The second kappa shape index (κ2) is 10.1. The third kappa shape index (κ3) is 4.90. The van der Waals surface area contributed by atoms with Crippen LogP contribution in [-0.2, 0) is 14.2 Å². The molecule has 3 rings (SSSR count). The van der Waals surface area contributed by atoms with Gasteiger partial charge in [0.1, 0.15) is 42.0 Å².